The van der Waals surface area contributed by atoms with Crippen LogP contribution in [0.4, 0.5) is 17.1 Å². The molecule has 10 heteroatoms. The van der Waals surface area contributed by atoms with E-state index in [0.717, 1.165) is 79.0 Å². The Balaban J connectivity index is 0.00000321. The van der Waals surface area contributed by atoms with Gasteiger partial charge in [0.2, 0.25) is 16.7 Å². The van der Waals surface area contributed by atoms with E-state index in [-0.39, 0.29) is 40.6 Å². The number of hydrogen-bond donors (Lipinski definition) is 3. The third-order valence-electron chi connectivity index (χ3n) is 12.1. The maximum atomic E-state index is 6.43. The zero-order valence-electron chi connectivity index (χ0n) is 36.6. The number of hydrogen-bond acceptors (Lipinski definition) is 5. The van der Waals surface area contributed by atoms with Crippen LogP contribution in [-0.2, 0) is 0 Å². The van der Waals surface area contributed by atoms with Gasteiger partial charge in [0.05, 0.1) is 0 Å². The molecule has 2 aromatic heterocycles. The van der Waals surface area contributed by atoms with Gasteiger partial charge in [0.1, 0.15) is 11.0 Å². The first kappa shape index (κ1) is 46.6. The predicted octanol–water partition coefficient (Wildman–Crippen LogP) is 4.54. The Kier molecular flexibility index (Phi) is 16.1. The summed E-state index contributed by atoms with van der Waals surface area (Å²) in [7, 11) is 0. The standard InChI is InChI=1S/C52H58AsN7.2ClH/c1-35-29-46-49(32-42(35)54)59(39-21-15-13-16-22-39)51-34-45(37(3)31-48(51)58-46)56-28-20-12-10-8-6-5-7-9-11-19-27-53-41-25-26-44-52(38(41)4)60(40-23-17-14-18-24-40)50-33-43(55)36(2)30-47(50)57-44;;/h13-18,21-26,29-34,53,55H,5-12,19-20,27-28H2,1-4H3,(H2,54,56);2*1H. The summed E-state index contributed by atoms with van der Waals surface area (Å²) >= 11 is -0.233. The summed E-state index contributed by atoms with van der Waals surface area (Å²) in [4.78, 5) is 10.2. The molecule has 7 nitrogen and oxygen atoms in total. The third-order valence-corrected chi connectivity index (χ3v) is 15.4. The summed E-state index contributed by atoms with van der Waals surface area (Å²) < 4.78 is 6.21. The van der Waals surface area contributed by atoms with E-state index in [4.69, 9.17) is 21.4 Å². The molecule has 0 amide bonds. The average molecular weight is 929 g/mol. The summed E-state index contributed by atoms with van der Waals surface area (Å²) in [5, 5.41) is 5.10. The van der Waals surface area contributed by atoms with Crippen molar-refractivity contribution in [3.63, 3.8) is 0 Å². The van der Waals surface area contributed by atoms with E-state index in [1.165, 1.54) is 91.7 Å². The van der Waals surface area contributed by atoms with Crippen LogP contribution in [0, 0.1) is 27.7 Å². The Morgan fingerprint density at radius 3 is 1.55 bits per heavy atom. The zero-order valence-corrected chi connectivity index (χ0v) is 40.2. The van der Waals surface area contributed by atoms with E-state index in [9.17, 15) is 0 Å². The van der Waals surface area contributed by atoms with Crippen LogP contribution < -0.4 is 55.1 Å². The molecule has 8 rings (SSSR count). The molecule has 0 radical (unpaired) electrons. The summed E-state index contributed by atoms with van der Waals surface area (Å²) in [6.07, 6.45) is 13.2. The minimum atomic E-state index is -0.233. The van der Waals surface area contributed by atoms with Gasteiger partial charge in [-0.15, -0.1) is 4.57 Å². The number of nitrogens with one attached hydrogen (secondary N) is 1. The van der Waals surface area contributed by atoms with Gasteiger partial charge in [-0.25, -0.2) is 4.98 Å². The number of unbranched alkanes of at least 4 members (excludes halogenated alkanes) is 9. The second kappa shape index (κ2) is 21.4. The van der Waals surface area contributed by atoms with E-state index >= 15 is 0 Å². The molecule has 1 unspecified atom stereocenters. The number of para-hydroxylation sites is 2. The molecule has 0 aliphatic rings. The van der Waals surface area contributed by atoms with Gasteiger partial charge in [0.15, 0.2) is 0 Å². The van der Waals surface area contributed by atoms with Gasteiger partial charge in [0, 0.05) is 35.6 Å². The Labute approximate surface area is 386 Å². The van der Waals surface area contributed by atoms with E-state index in [2.05, 4.69) is 144 Å². The maximum Gasteiger partial charge on any atom is 0.239 e. The van der Waals surface area contributed by atoms with Gasteiger partial charge >= 0.3 is 224 Å². The number of rotatable bonds is 17. The van der Waals surface area contributed by atoms with Gasteiger partial charge in [-0.1, -0.05) is 18.2 Å². The number of aryl methyl sites for hydroxylation is 4. The van der Waals surface area contributed by atoms with Crippen molar-refractivity contribution in [2.75, 3.05) is 23.3 Å². The number of benzene rings is 6. The molecule has 8 aromatic rings. The number of fused-ring (bicyclic) bond motifs is 4. The first-order valence-corrected chi connectivity index (χ1v) is 24.5. The average Bonchev–Trinajstić information content (AvgIpc) is 3.25. The topological polar surface area (TPSA) is 97.6 Å². The summed E-state index contributed by atoms with van der Waals surface area (Å²) in [6, 6.07) is 38.6. The van der Waals surface area contributed by atoms with E-state index in [0.29, 0.717) is 0 Å². The second-order valence-electron chi connectivity index (χ2n) is 16.6. The predicted molar refractivity (Wildman–Crippen MR) is 256 cm³/mol. The SMILES string of the molecule is Cc1cc2nc3cc(C)c(NCCCCCCCCCCCC[AsH]c4ccc5nc6cc(C)c(N)cc6[n+](-c6ccccc6)c5c4C)cc3[n+](-c3ccccc3)c2cc1N.[Cl-].[Cl-]. The van der Waals surface area contributed by atoms with Gasteiger partial charge in [-0.05, 0) is 37.1 Å². The van der Waals surface area contributed by atoms with Crippen LogP contribution in [0.5, 0.6) is 0 Å². The van der Waals surface area contributed by atoms with Crippen molar-refractivity contribution >= 4 is 81.3 Å². The molecular weight excluding hydrogens is 868 g/mol. The monoisotopic (exact) mass is 927 g/mol. The van der Waals surface area contributed by atoms with Crippen molar-refractivity contribution in [1.82, 2.24) is 9.97 Å². The van der Waals surface area contributed by atoms with Crippen molar-refractivity contribution in [2.45, 2.75) is 97.1 Å². The minimum Gasteiger partial charge on any atom is -1.00 e. The number of aromatic nitrogens is 4. The normalized spacial score (nSPS) is 11.5. The second-order valence-corrected chi connectivity index (χ2v) is 19.5. The number of nitrogen functional groups attached to an aromatic ring is 2. The molecule has 1 atom stereocenters. The Hall–Kier alpha value is -4.94. The smallest absolute Gasteiger partial charge is 0.239 e. The molecule has 322 valence electrons. The van der Waals surface area contributed by atoms with Crippen molar-refractivity contribution in [1.29, 1.82) is 0 Å². The van der Waals surface area contributed by atoms with Crippen molar-refractivity contribution < 1.29 is 33.9 Å². The molecule has 0 fully saturated rings. The molecule has 0 aliphatic heterocycles. The van der Waals surface area contributed by atoms with E-state index < -0.39 is 0 Å². The van der Waals surface area contributed by atoms with Crippen LogP contribution in [0.1, 0.15) is 86.5 Å². The van der Waals surface area contributed by atoms with Gasteiger partial charge in [0.25, 0.3) is 0 Å². The molecule has 5 N–H and O–H groups in total. The molecule has 0 bridgehead atoms. The summed E-state index contributed by atoms with van der Waals surface area (Å²) in [5.41, 5.74) is 30.9. The first-order valence-electron chi connectivity index (χ1n) is 22.0. The Bertz CT molecular complexity index is 2770. The number of halogens is 2. The summed E-state index contributed by atoms with van der Waals surface area (Å²) in [5.74, 6) is 0. The van der Waals surface area contributed by atoms with Crippen LogP contribution >= 0.6 is 0 Å². The Morgan fingerprint density at radius 2 is 0.968 bits per heavy atom. The molecule has 62 heavy (non-hydrogen) atoms. The van der Waals surface area contributed by atoms with Crippen LogP contribution in [0.25, 0.3) is 55.5 Å². The zero-order chi connectivity index (χ0) is 41.6. The quantitative estimate of drug-likeness (QED) is 0.0410. The van der Waals surface area contributed by atoms with Crippen molar-refractivity contribution in [2.24, 2.45) is 0 Å². The van der Waals surface area contributed by atoms with Gasteiger partial charge in [-0.2, -0.15) is 0 Å². The Morgan fingerprint density at radius 1 is 0.500 bits per heavy atom. The number of nitrogens with two attached hydrogens (primary N) is 2. The molecule has 0 saturated carbocycles. The number of anilines is 3. The molecule has 0 saturated heterocycles. The maximum absolute atomic E-state index is 6.43. The molecule has 2 heterocycles. The molecule has 6 aromatic carbocycles. The summed E-state index contributed by atoms with van der Waals surface area (Å²) in [6.45, 7) is 9.55. The van der Waals surface area contributed by atoms with E-state index in [1.807, 2.05) is 6.92 Å². The molecule has 0 aliphatic carbocycles. The van der Waals surface area contributed by atoms with Crippen LogP contribution in [-0.4, -0.2) is 32.3 Å². The first-order chi connectivity index (χ1) is 29.3. The van der Waals surface area contributed by atoms with Crippen molar-refractivity contribution in [3.05, 3.63) is 131 Å². The van der Waals surface area contributed by atoms with Crippen molar-refractivity contribution in [3.8, 4) is 11.4 Å². The fourth-order valence-electron chi connectivity index (χ4n) is 8.64. The fourth-order valence-corrected chi connectivity index (χ4v) is 11.3. The minimum absolute atomic E-state index is 0. The van der Waals surface area contributed by atoms with Crippen LogP contribution in [0.2, 0.25) is 5.21 Å². The molecule has 0 spiro atoms. The van der Waals surface area contributed by atoms with Gasteiger partial charge < -0.3 is 35.9 Å². The largest absolute Gasteiger partial charge is 1.00 e. The molecular formula is C52H60AsCl2N7. The third kappa shape index (κ3) is 10.3. The number of nitrogens with zero attached hydrogens (tertiary/aromatic N) is 4. The fraction of sp³-hybridized carbons (Fsp3) is 0.308. The van der Waals surface area contributed by atoms with Crippen LogP contribution in [0.15, 0.2) is 109 Å². The van der Waals surface area contributed by atoms with Crippen LogP contribution in [0.3, 0.4) is 0 Å². The van der Waals surface area contributed by atoms with Gasteiger partial charge in [-0.3, -0.25) is 0 Å². The van der Waals surface area contributed by atoms with E-state index in [1.54, 1.807) is 4.35 Å².